The lowest BCUT2D eigenvalue weighted by atomic mass is 9.92. The molecule has 0 aliphatic rings. The second-order valence-electron chi connectivity index (χ2n) is 7.20. The summed E-state index contributed by atoms with van der Waals surface area (Å²) < 4.78 is 20.9. The van der Waals surface area contributed by atoms with E-state index < -0.39 is 0 Å². The van der Waals surface area contributed by atoms with Gasteiger partial charge in [-0.05, 0) is 32.7 Å². The van der Waals surface area contributed by atoms with Gasteiger partial charge in [-0.25, -0.2) is 0 Å². The van der Waals surface area contributed by atoms with Crippen LogP contribution in [0.1, 0.15) is 46.0 Å². The number of ether oxygens (including phenoxy) is 4. The van der Waals surface area contributed by atoms with Gasteiger partial charge in [-0.1, -0.05) is 13.3 Å². The van der Waals surface area contributed by atoms with E-state index in [9.17, 15) is 14.4 Å². The summed E-state index contributed by atoms with van der Waals surface area (Å²) in [6.45, 7) is 7.67. The molecule has 32 heavy (non-hydrogen) atoms. The number of rotatable bonds is 23. The molecule has 0 saturated heterocycles. The third-order valence-corrected chi connectivity index (χ3v) is 4.60. The predicted octanol–water partition coefficient (Wildman–Crippen LogP) is 0.420. The number of unbranched alkanes of at least 4 members (excludes halogenated alkanes) is 1. The van der Waals surface area contributed by atoms with Crippen molar-refractivity contribution in [1.29, 1.82) is 0 Å². The van der Waals surface area contributed by atoms with Crippen molar-refractivity contribution in [1.82, 2.24) is 10.6 Å². The Bertz CT molecular complexity index is 492. The van der Waals surface area contributed by atoms with Gasteiger partial charge in [0.2, 0.25) is 11.8 Å². The van der Waals surface area contributed by atoms with Crippen molar-refractivity contribution in [3.63, 3.8) is 0 Å². The SMILES string of the molecule is CCOCCOCC(=O)NCCOCCOCC(=O)NCCCC[C@H](CCN)C(=O)CC. The average Bonchev–Trinajstić information content (AvgIpc) is 2.79. The molecule has 0 aromatic heterocycles. The first-order valence-corrected chi connectivity index (χ1v) is 11.6. The van der Waals surface area contributed by atoms with Crippen LogP contribution in [0.5, 0.6) is 0 Å². The van der Waals surface area contributed by atoms with Crippen LogP contribution >= 0.6 is 0 Å². The van der Waals surface area contributed by atoms with Crippen LogP contribution in [-0.4, -0.2) is 90.1 Å². The van der Waals surface area contributed by atoms with Crippen molar-refractivity contribution >= 4 is 17.6 Å². The third-order valence-electron chi connectivity index (χ3n) is 4.60. The van der Waals surface area contributed by atoms with Crippen molar-refractivity contribution in [3.05, 3.63) is 0 Å². The number of amides is 2. The van der Waals surface area contributed by atoms with E-state index in [1.165, 1.54) is 0 Å². The molecule has 4 N–H and O–H groups in total. The molecule has 0 aromatic carbocycles. The predicted molar refractivity (Wildman–Crippen MR) is 121 cm³/mol. The fourth-order valence-corrected chi connectivity index (χ4v) is 2.88. The van der Waals surface area contributed by atoms with Gasteiger partial charge in [0.1, 0.15) is 19.0 Å². The fraction of sp³-hybridized carbons (Fsp3) is 0.864. The van der Waals surface area contributed by atoms with Gasteiger partial charge >= 0.3 is 0 Å². The average molecular weight is 462 g/mol. The van der Waals surface area contributed by atoms with Crippen LogP contribution in [0.25, 0.3) is 0 Å². The Kier molecular flexibility index (Phi) is 21.5. The lowest BCUT2D eigenvalue weighted by Gasteiger charge is -2.13. The molecule has 2 amide bonds. The summed E-state index contributed by atoms with van der Waals surface area (Å²) in [5, 5.41) is 5.48. The zero-order chi connectivity index (χ0) is 23.9. The fourth-order valence-electron chi connectivity index (χ4n) is 2.88. The summed E-state index contributed by atoms with van der Waals surface area (Å²) >= 11 is 0. The molecule has 0 spiro atoms. The Hall–Kier alpha value is -1.59. The molecule has 0 aromatic rings. The molecule has 0 aliphatic carbocycles. The normalized spacial score (nSPS) is 11.8. The first-order chi connectivity index (χ1) is 15.5. The molecule has 0 radical (unpaired) electrons. The van der Waals surface area contributed by atoms with Gasteiger partial charge < -0.3 is 35.3 Å². The van der Waals surface area contributed by atoms with Gasteiger partial charge in [-0.3, -0.25) is 14.4 Å². The zero-order valence-electron chi connectivity index (χ0n) is 19.8. The number of Topliss-reactive ketones (excluding diaryl/α,β-unsaturated/α-hetero) is 1. The molecule has 0 rings (SSSR count). The second-order valence-corrected chi connectivity index (χ2v) is 7.20. The number of hydrogen-bond acceptors (Lipinski definition) is 8. The Morgan fingerprint density at radius 3 is 1.94 bits per heavy atom. The van der Waals surface area contributed by atoms with Gasteiger partial charge in [-0.2, -0.15) is 0 Å². The molecule has 188 valence electrons. The van der Waals surface area contributed by atoms with Crippen LogP contribution in [0.4, 0.5) is 0 Å². The van der Waals surface area contributed by atoms with Gasteiger partial charge in [0.15, 0.2) is 0 Å². The first kappa shape index (κ1) is 30.4. The van der Waals surface area contributed by atoms with E-state index in [1.807, 2.05) is 13.8 Å². The number of nitrogens with one attached hydrogen (secondary N) is 2. The van der Waals surface area contributed by atoms with Gasteiger partial charge in [0, 0.05) is 32.0 Å². The Labute approximate surface area is 192 Å². The van der Waals surface area contributed by atoms with Crippen LogP contribution in [0.2, 0.25) is 0 Å². The molecular weight excluding hydrogens is 418 g/mol. The van der Waals surface area contributed by atoms with Crippen LogP contribution < -0.4 is 16.4 Å². The Morgan fingerprint density at radius 1 is 0.750 bits per heavy atom. The molecule has 0 fully saturated rings. The van der Waals surface area contributed by atoms with Crippen LogP contribution in [0.3, 0.4) is 0 Å². The highest BCUT2D eigenvalue weighted by Gasteiger charge is 2.15. The summed E-state index contributed by atoms with van der Waals surface area (Å²) in [6.07, 6.45) is 3.78. The molecule has 10 nitrogen and oxygen atoms in total. The minimum atomic E-state index is -0.204. The number of ketones is 1. The molecule has 0 aliphatic heterocycles. The standard InChI is InChI=1S/C22H43N3O7/c1-3-20(26)19(8-9-23)7-5-6-10-24-21(27)17-32-16-14-30-12-11-25-22(28)18-31-15-13-29-4-2/h19H,3-18,23H2,1-2H3,(H,24,27)(H,25,28)/t19-/m1/s1. The number of nitrogens with two attached hydrogens (primary N) is 1. The zero-order valence-corrected chi connectivity index (χ0v) is 19.8. The maximum absolute atomic E-state index is 11.8. The smallest absolute Gasteiger partial charge is 0.246 e. The summed E-state index contributed by atoms with van der Waals surface area (Å²) in [6, 6.07) is 0. The molecule has 1 atom stereocenters. The van der Waals surface area contributed by atoms with E-state index in [-0.39, 0.29) is 36.7 Å². The number of carbonyl (C=O) groups excluding carboxylic acids is 3. The van der Waals surface area contributed by atoms with Crippen molar-refractivity contribution < 1.29 is 33.3 Å². The van der Waals surface area contributed by atoms with E-state index >= 15 is 0 Å². The molecule has 0 heterocycles. The van der Waals surface area contributed by atoms with Crippen molar-refractivity contribution in [2.75, 3.05) is 72.5 Å². The maximum atomic E-state index is 11.8. The summed E-state index contributed by atoms with van der Waals surface area (Å²) in [5.74, 6) is -0.0780. The molecule has 0 unspecified atom stereocenters. The van der Waals surface area contributed by atoms with Gasteiger partial charge in [0.05, 0.1) is 33.0 Å². The molecule has 0 bridgehead atoms. The van der Waals surface area contributed by atoms with E-state index in [0.717, 1.165) is 25.7 Å². The van der Waals surface area contributed by atoms with Crippen LogP contribution in [-0.2, 0) is 33.3 Å². The topological polar surface area (TPSA) is 138 Å². The monoisotopic (exact) mass is 461 g/mol. The van der Waals surface area contributed by atoms with E-state index in [2.05, 4.69) is 10.6 Å². The number of carbonyl (C=O) groups is 3. The quantitative estimate of drug-likeness (QED) is 0.186. The third kappa shape index (κ3) is 19.1. The highest BCUT2D eigenvalue weighted by Crippen LogP contribution is 2.14. The lowest BCUT2D eigenvalue weighted by molar-refractivity contribution is -0.127. The van der Waals surface area contributed by atoms with Crippen molar-refractivity contribution in [2.45, 2.75) is 46.0 Å². The highest BCUT2D eigenvalue weighted by molar-refractivity contribution is 5.80. The maximum Gasteiger partial charge on any atom is 0.246 e. The number of hydrogen-bond donors (Lipinski definition) is 3. The van der Waals surface area contributed by atoms with Crippen LogP contribution in [0.15, 0.2) is 0 Å². The largest absolute Gasteiger partial charge is 0.379 e. The summed E-state index contributed by atoms with van der Waals surface area (Å²) in [4.78, 5) is 35.1. The summed E-state index contributed by atoms with van der Waals surface area (Å²) in [7, 11) is 0. The van der Waals surface area contributed by atoms with Crippen LogP contribution in [0, 0.1) is 5.92 Å². The van der Waals surface area contributed by atoms with E-state index in [4.69, 9.17) is 24.7 Å². The minimum absolute atomic E-state index is 0.00353. The van der Waals surface area contributed by atoms with Gasteiger partial charge in [-0.15, -0.1) is 0 Å². The minimum Gasteiger partial charge on any atom is -0.379 e. The van der Waals surface area contributed by atoms with Crippen molar-refractivity contribution in [3.8, 4) is 0 Å². The molecule has 0 saturated carbocycles. The lowest BCUT2D eigenvalue weighted by Crippen LogP contribution is -2.31. The Balaban J connectivity index is 3.47. The second kappa shape index (κ2) is 22.6. The van der Waals surface area contributed by atoms with E-state index in [1.54, 1.807) is 0 Å². The van der Waals surface area contributed by atoms with Gasteiger partial charge in [0.25, 0.3) is 0 Å². The molecular formula is C22H43N3O7. The Morgan fingerprint density at radius 2 is 1.34 bits per heavy atom. The summed E-state index contributed by atoms with van der Waals surface area (Å²) in [5.41, 5.74) is 5.57. The first-order valence-electron chi connectivity index (χ1n) is 11.6. The van der Waals surface area contributed by atoms with Crippen molar-refractivity contribution in [2.24, 2.45) is 11.7 Å². The highest BCUT2D eigenvalue weighted by atomic mass is 16.5. The molecule has 10 heteroatoms. The van der Waals surface area contributed by atoms with E-state index in [0.29, 0.717) is 65.7 Å².